The molecule has 26 heavy (non-hydrogen) atoms. The van der Waals surface area contributed by atoms with Crippen molar-refractivity contribution in [1.29, 1.82) is 0 Å². The molecular formula is C16H14BrN5O4. The van der Waals surface area contributed by atoms with Crippen LogP contribution >= 0.6 is 15.9 Å². The van der Waals surface area contributed by atoms with E-state index >= 15 is 0 Å². The minimum absolute atomic E-state index is 0.127. The number of nitrogens with one attached hydrogen (secondary N) is 1. The fourth-order valence-corrected chi connectivity index (χ4v) is 2.44. The van der Waals surface area contributed by atoms with Crippen molar-refractivity contribution in [3.8, 4) is 0 Å². The van der Waals surface area contributed by atoms with Crippen molar-refractivity contribution in [1.82, 2.24) is 25.2 Å². The van der Waals surface area contributed by atoms with Gasteiger partial charge in [0.15, 0.2) is 5.82 Å². The predicted molar refractivity (Wildman–Crippen MR) is 92.3 cm³/mol. The molecule has 0 radical (unpaired) electrons. The summed E-state index contributed by atoms with van der Waals surface area (Å²) in [6.45, 7) is 0.543. The number of hydrogen-bond donors (Lipinski definition) is 1. The van der Waals surface area contributed by atoms with Gasteiger partial charge in [0.1, 0.15) is 6.54 Å². The minimum atomic E-state index is -0.484. The molecule has 1 amide bonds. The first-order valence-corrected chi connectivity index (χ1v) is 8.30. The van der Waals surface area contributed by atoms with E-state index in [4.69, 9.17) is 4.52 Å². The van der Waals surface area contributed by atoms with Gasteiger partial charge in [-0.15, -0.1) is 0 Å². The van der Waals surface area contributed by atoms with E-state index in [1.165, 1.54) is 7.11 Å². The third kappa shape index (κ3) is 4.33. The fourth-order valence-electron chi connectivity index (χ4n) is 2.11. The lowest BCUT2D eigenvalue weighted by Crippen LogP contribution is -2.23. The van der Waals surface area contributed by atoms with Crippen LogP contribution in [0.15, 0.2) is 45.7 Å². The SMILES string of the molecule is COC(=O)c1ccc(CNC(=O)c2nc(Cn3cc(Br)cn3)no2)cc1. The van der Waals surface area contributed by atoms with E-state index in [-0.39, 0.29) is 19.0 Å². The van der Waals surface area contributed by atoms with Crippen molar-refractivity contribution in [2.75, 3.05) is 7.11 Å². The van der Waals surface area contributed by atoms with Crippen LogP contribution in [-0.2, 0) is 17.8 Å². The summed E-state index contributed by atoms with van der Waals surface area (Å²) in [7, 11) is 1.32. The van der Waals surface area contributed by atoms with Gasteiger partial charge in [-0.05, 0) is 33.6 Å². The first kappa shape index (κ1) is 17.8. The smallest absolute Gasteiger partial charge is 0.337 e. The van der Waals surface area contributed by atoms with E-state index in [1.807, 2.05) is 0 Å². The zero-order valence-corrected chi connectivity index (χ0v) is 15.3. The number of rotatable bonds is 6. The first-order chi connectivity index (χ1) is 12.5. The monoisotopic (exact) mass is 419 g/mol. The molecule has 1 aromatic carbocycles. The summed E-state index contributed by atoms with van der Waals surface area (Å²) in [5, 5.41) is 10.5. The Morgan fingerprint density at radius 2 is 2.08 bits per heavy atom. The maximum absolute atomic E-state index is 12.1. The first-order valence-electron chi connectivity index (χ1n) is 7.51. The molecule has 3 rings (SSSR count). The molecule has 10 heteroatoms. The highest BCUT2D eigenvalue weighted by Crippen LogP contribution is 2.08. The second-order valence-corrected chi connectivity index (χ2v) is 6.16. The van der Waals surface area contributed by atoms with Crippen LogP contribution in [0.4, 0.5) is 0 Å². The molecule has 134 valence electrons. The van der Waals surface area contributed by atoms with Gasteiger partial charge in [-0.3, -0.25) is 9.48 Å². The van der Waals surface area contributed by atoms with Crippen LogP contribution in [0.2, 0.25) is 0 Å². The third-order valence-corrected chi connectivity index (χ3v) is 3.81. The Kier molecular flexibility index (Phi) is 5.42. The quantitative estimate of drug-likeness (QED) is 0.605. The van der Waals surface area contributed by atoms with E-state index in [0.717, 1.165) is 10.0 Å². The number of nitrogens with zero attached hydrogens (tertiary/aromatic N) is 4. The van der Waals surface area contributed by atoms with Crippen molar-refractivity contribution >= 4 is 27.8 Å². The molecule has 0 atom stereocenters. The van der Waals surface area contributed by atoms with E-state index in [0.29, 0.717) is 11.4 Å². The van der Waals surface area contributed by atoms with Crippen molar-refractivity contribution in [2.24, 2.45) is 0 Å². The number of carbonyl (C=O) groups is 2. The van der Waals surface area contributed by atoms with Gasteiger partial charge in [0.2, 0.25) is 0 Å². The molecule has 3 aromatic rings. The molecule has 0 spiro atoms. The van der Waals surface area contributed by atoms with Gasteiger partial charge in [-0.1, -0.05) is 17.3 Å². The highest BCUT2D eigenvalue weighted by Gasteiger charge is 2.15. The van der Waals surface area contributed by atoms with Gasteiger partial charge in [0, 0.05) is 12.7 Å². The van der Waals surface area contributed by atoms with E-state index in [9.17, 15) is 9.59 Å². The van der Waals surface area contributed by atoms with Crippen molar-refractivity contribution in [2.45, 2.75) is 13.1 Å². The van der Waals surface area contributed by atoms with Crippen LogP contribution in [0.25, 0.3) is 0 Å². The van der Waals surface area contributed by atoms with Crippen LogP contribution in [0, 0.1) is 0 Å². The summed E-state index contributed by atoms with van der Waals surface area (Å²) in [6.07, 6.45) is 3.40. The Labute approximate surface area is 156 Å². The van der Waals surface area contributed by atoms with Gasteiger partial charge in [-0.2, -0.15) is 10.1 Å². The van der Waals surface area contributed by atoms with Crippen molar-refractivity contribution in [3.05, 3.63) is 64.0 Å². The van der Waals surface area contributed by atoms with Crippen LogP contribution in [0.5, 0.6) is 0 Å². The minimum Gasteiger partial charge on any atom is -0.465 e. The summed E-state index contributed by atoms with van der Waals surface area (Å²) in [5.41, 5.74) is 1.25. The molecule has 2 heterocycles. The lowest BCUT2D eigenvalue weighted by molar-refractivity contribution is 0.0600. The van der Waals surface area contributed by atoms with Crippen LogP contribution < -0.4 is 5.32 Å². The predicted octanol–water partition coefficient (Wildman–Crippen LogP) is 1.79. The zero-order chi connectivity index (χ0) is 18.5. The molecule has 0 saturated carbocycles. The summed E-state index contributed by atoms with van der Waals surface area (Å²) in [4.78, 5) is 27.5. The van der Waals surface area contributed by atoms with Crippen molar-refractivity contribution in [3.63, 3.8) is 0 Å². The van der Waals surface area contributed by atoms with Crippen LogP contribution in [-0.4, -0.2) is 38.9 Å². The van der Waals surface area contributed by atoms with Gasteiger partial charge < -0.3 is 14.6 Å². The number of hydrogen-bond acceptors (Lipinski definition) is 7. The normalized spacial score (nSPS) is 10.5. The number of methoxy groups -OCH3 is 1. The Morgan fingerprint density at radius 3 is 2.73 bits per heavy atom. The second-order valence-electron chi connectivity index (χ2n) is 5.24. The average molecular weight is 420 g/mol. The third-order valence-electron chi connectivity index (χ3n) is 3.40. The number of halogens is 1. The number of aromatic nitrogens is 4. The zero-order valence-electron chi connectivity index (χ0n) is 13.7. The summed E-state index contributed by atoms with van der Waals surface area (Å²) >= 11 is 3.30. The summed E-state index contributed by atoms with van der Waals surface area (Å²) in [5.74, 6) is -0.684. The molecule has 2 aromatic heterocycles. The molecule has 0 saturated heterocycles. The lowest BCUT2D eigenvalue weighted by Gasteiger charge is -2.04. The van der Waals surface area contributed by atoms with Crippen LogP contribution in [0.1, 0.15) is 32.4 Å². The Bertz CT molecular complexity index is 919. The maximum Gasteiger partial charge on any atom is 0.337 e. The highest BCUT2D eigenvalue weighted by atomic mass is 79.9. The number of esters is 1. The molecule has 0 aliphatic carbocycles. The number of amides is 1. The fraction of sp³-hybridized carbons (Fsp3) is 0.188. The van der Waals surface area contributed by atoms with Gasteiger partial charge >= 0.3 is 17.8 Å². The molecule has 0 aliphatic heterocycles. The number of ether oxygens (including phenoxy) is 1. The van der Waals surface area contributed by atoms with Gasteiger partial charge in [0.05, 0.1) is 23.3 Å². The average Bonchev–Trinajstić information content (AvgIpc) is 3.29. The van der Waals surface area contributed by atoms with E-state index < -0.39 is 11.9 Å². The van der Waals surface area contributed by atoms with Crippen molar-refractivity contribution < 1.29 is 18.8 Å². The van der Waals surface area contributed by atoms with E-state index in [2.05, 4.69) is 41.2 Å². The summed E-state index contributed by atoms with van der Waals surface area (Å²) in [6, 6.07) is 6.70. The Morgan fingerprint density at radius 1 is 1.31 bits per heavy atom. The Hall–Kier alpha value is -3.01. The number of benzene rings is 1. The van der Waals surface area contributed by atoms with Gasteiger partial charge in [-0.25, -0.2) is 4.79 Å². The van der Waals surface area contributed by atoms with E-state index in [1.54, 1.807) is 41.3 Å². The molecular weight excluding hydrogens is 406 g/mol. The molecule has 9 nitrogen and oxygen atoms in total. The maximum atomic E-state index is 12.1. The molecule has 0 aliphatic rings. The Balaban J connectivity index is 1.56. The highest BCUT2D eigenvalue weighted by molar-refractivity contribution is 9.10. The standard InChI is InChI=1S/C16H14BrN5O4/c1-25-16(24)11-4-2-10(3-5-11)6-18-14(23)15-20-13(21-26-15)9-22-8-12(17)7-19-22/h2-5,7-8H,6,9H2,1H3,(H,18,23). The van der Waals surface area contributed by atoms with Gasteiger partial charge in [0.25, 0.3) is 0 Å². The largest absolute Gasteiger partial charge is 0.465 e. The molecule has 0 unspecified atom stereocenters. The second kappa shape index (κ2) is 7.91. The molecule has 1 N–H and O–H groups in total. The number of carbonyl (C=O) groups excluding carboxylic acids is 2. The molecule has 0 bridgehead atoms. The molecule has 0 fully saturated rings. The summed E-state index contributed by atoms with van der Waals surface area (Å²) < 4.78 is 12.0. The topological polar surface area (TPSA) is 112 Å². The lowest BCUT2D eigenvalue weighted by atomic mass is 10.1. The van der Waals surface area contributed by atoms with Crippen LogP contribution in [0.3, 0.4) is 0 Å².